The second-order valence-electron chi connectivity index (χ2n) is 3.81. The van der Waals surface area contributed by atoms with Gasteiger partial charge in [0.05, 0.1) is 11.6 Å². The van der Waals surface area contributed by atoms with Crippen LogP contribution in [-0.2, 0) is 6.54 Å². The molecule has 98 valence electrons. The van der Waals surface area contributed by atoms with E-state index in [4.69, 9.17) is 4.74 Å². The van der Waals surface area contributed by atoms with E-state index in [-0.39, 0.29) is 12.4 Å². The highest BCUT2D eigenvalue weighted by atomic mass is 79.9. The molecule has 0 atom stereocenters. The van der Waals surface area contributed by atoms with Crippen LogP contribution < -0.4 is 10.1 Å². The quantitative estimate of drug-likeness (QED) is 0.870. The highest BCUT2D eigenvalue weighted by Gasteiger charge is 2.03. The first kappa shape index (κ1) is 16.7. The molecule has 0 aliphatic rings. The Bertz CT molecular complexity index is 336. The predicted molar refractivity (Wildman–Crippen MR) is 78.2 cm³/mol. The third-order valence-electron chi connectivity index (χ3n) is 2.41. The van der Waals surface area contributed by atoms with E-state index in [1.54, 1.807) is 7.11 Å². The van der Waals surface area contributed by atoms with E-state index in [1.165, 1.54) is 5.56 Å². The minimum absolute atomic E-state index is 0. The van der Waals surface area contributed by atoms with Crippen molar-refractivity contribution in [3.05, 3.63) is 28.2 Å². The topological polar surface area (TPSA) is 24.5 Å². The standard InChI is InChI=1S/C12H19BrN2O.ClH/c1-14-6-7-15(2)9-10-4-5-12(16-3)11(13)8-10;/h4-5,8,14H,6-7,9H2,1-3H3;1H. The fourth-order valence-corrected chi connectivity index (χ4v) is 2.09. The molecule has 0 unspecified atom stereocenters. The molecule has 1 aromatic carbocycles. The van der Waals surface area contributed by atoms with Crippen LogP contribution in [0.5, 0.6) is 5.75 Å². The van der Waals surface area contributed by atoms with Gasteiger partial charge < -0.3 is 15.0 Å². The van der Waals surface area contributed by atoms with E-state index in [0.717, 1.165) is 29.9 Å². The van der Waals surface area contributed by atoms with Crippen molar-refractivity contribution in [2.24, 2.45) is 0 Å². The third-order valence-corrected chi connectivity index (χ3v) is 3.03. The summed E-state index contributed by atoms with van der Waals surface area (Å²) >= 11 is 3.49. The summed E-state index contributed by atoms with van der Waals surface area (Å²) in [7, 11) is 5.77. The predicted octanol–water partition coefficient (Wildman–Crippen LogP) is 2.53. The lowest BCUT2D eigenvalue weighted by Gasteiger charge is -2.16. The molecule has 0 fully saturated rings. The van der Waals surface area contributed by atoms with Crippen molar-refractivity contribution in [3.8, 4) is 5.75 Å². The number of benzene rings is 1. The van der Waals surface area contributed by atoms with Crippen molar-refractivity contribution >= 4 is 28.3 Å². The van der Waals surface area contributed by atoms with Crippen LogP contribution in [0, 0.1) is 0 Å². The van der Waals surface area contributed by atoms with Gasteiger partial charge in [-0.15, -0.1) is 12.4 Å². The van der Waals surface area contributed by atoms with Gasteiger partial charge in [-0.3, -0.25) is 0 Å². The van der Waals surface area contributed by atoms with Gasteiger partial charge in [-0.1, -0.05) is 6.07 Å². The number of nitrogens with zero attached hydrogens (tertiary/aromatic N) is 1. The van der Waals surface area contributed by atoms with Crippen molar-refractivity contribution < 1.29 is 4.74 Å². The molecule has 5 heteroatoms. The summed E-state index contributed by atoms with van der Waals surface area (Å²) in [5.74, 6) is 0.877. The van der Waals surface area contributed by atoms with Crippen LogP contribution in [0.25, 0.3) is 0 Å². The number of ether oxygens (including phenoxy) is 1. The molecule has 0 aliphatic heterocycles. The Balaban J connectivity index is 0.00000256. The number of likely N-dealkylation sites (N-methyl/N-ethyl adjacent to an activating group) is 2. The summed E-state index contributed by atoms with van der Waals surface area (Å²) < 4.78 is 6.21. The monoisotopic (exact) mass is 322 g/mol. The molecule has 0 aliphatic carbocycles. The first-order chi connectivity index (χ1) is 7.67. The Kier molecular flexibility index (Phi) is 8.60. The Morgan fingerprint density at radius 1 is 1.41 bits per heavy atom. The maximum Gasteiger partial charge on any atom is 0.133 e. The van der Waals surface area contributed by atoms with Gasteiger partial charge >= 0.3 is 0 Å². The zero-order chi connectivity index (χ0) is 12.0. The fraction of sp³-hybridized carbons (Fsp3) is 0.500. The number of methoxy groups -OCH3 is 1. The summed E-state index contributed by atoms with van der Waals surface area (Å²) in [6.45, 7) is 3.00. The Morgan fingerprint density at radius 2 is 2.12 bits per heavy atom. The first-order valence-electron chi connectivity index (χ1n) is 5.33. The molecule has 3 nitrogen and oxygen atoms in total. The van der Waals surface area contributed by atoms with Crippen LogP contribution in [0.1, 0.15) is 5.56 Å². The lowest BCUT2D eigenvalue weighted by atomic mass is 10.2. The van der Waals surface area contributed by atoms with E-state index >= 15 is 0 Å². The lowest BCUT2D eigenvalue weighted by molar-refractivity contribution is 0.328. The largest absolute Gasteiger partial charge is 0.496 e. The average Bonchev–Trinajstić information content (AvgIpc) is 2.26. The van der Waals surface area contributed by atoms with Crippen LogP contribution in [0.4, 0.5) is 0 Å². The van der Waals surface area contributed by atoms with Gasteiger partial charge in [0, 0.05) is 19.6 Å². The minimum atomic E-state index is 0. The van der Waals surface area contributed by atoms with E-state index in [9.17, 15) is 0 Å². The van der Waals surface area contributed by atoms with Gasteiger partial charge in [0.25, 0.3) is 0 Å². The van der Waals surface area contributed by atoms with E-state index in [1.807, 2.05) is 13.1 Å². The average molecular weight is 324 g/mol. The maximum absolute atomic E-state index is 5.20. The van der Waals surface area contributed by atoms with Crippen LogP contribution in [0.15, 0.2) is 22.7 Å². The van der Waals surface area contributed by atoms with E-state index < -0.39 is 0 Å². The second-order valence-corrected chi connectivity index (χ2v) is 4.66. The van der Waals surface area contributed by atoms with Crippen LogP contribution in [0.3, 0.4) is 0 Å². The summed E-state index contributed by atoms with van der Waals surface area (Å²) in [5, 5.41) is 3.14. The Hall–Kier alpha value is -0.290. The Morgan fingerprint density at radius 3 is 2.65 bits per heavy atom. The lowest BCUT2D eigenvalue weighted by Crippen LogP contribution is -2.26. The third kappa shape index (κ3) is 5.73. The van der Waals surface area contributed by atoms with Gasteiger partial charge in [-0.25, -0.2) is 0 Å². The smallest absolute Gasteiger partial charge is 0.133 e. The molecule has 1 N–H and O–H groups in total. The second kappa shape index (κ2) is 8.75. The zero-order valence-corrected chi connectivity index (χ0v) is 12.9. The van der Waals surface area contributed by atoms with E-state index in [0.29, 0.717) is 0 Å². The van der Waals surface area contributed by atoms with Crippen molar-refractivity contribution in [1.82, 2.24) is 10.2 Å². The molecule has 17 heavy (non-hydrogen) atoms. The number of nitrogens with one attached hydrogen (secondary N) is 1. The van der Waals surface area contributed by atoms with Crippen LogP contribution >= 0.6 is 28.3 Å². The zero-order valence-electron chi connectivity index (χ0n) is 10.5. The number of hydrogen-bond donors (Lipinski definition) is 1. The molecule has 0 spiro atoms. The number of halogens is 2. The molecule has 0 amide bonds. The maximum atomic E-state index is 5.20. The number of rotatable bonds is 6. The number of hydrogen-bond acceptors (Lipinski definition) is 3. The van der Waals surface area contributed by atoms with E-state index in [2.05, 4.69) is 45.3 Å². The van der Waals surface area contributed by atoms with Gasteiger partial charge in [0.1, 0.15) is 5.75 Å². The highest BCUT2D eigenvalue weighted by molar-refractivity contribution is 9.10. The molecule has 0 aromatic heterocycles. The van der Waals surface area contributed by atoms with Crippen molar-refractivity contribution in [1.29, 1.82) is 0 Å². The molecule has 0 bridgehead atoms. The fourth-order valence-electron chi connectivity index (χ4n) is 1.50. The summed E-state index contributed by atoms with van der Waals surface area (Å²) in [6.07, 6.45) is 0. The minimum Gasteiger partial charge on any atom is -0.496 e. The van der Waals surface area contributed by atoms with Gasteiger partial charge in [0.2, 0.25) is 0 Å². The molecule has 0 radical (unpaired) electrons. The Labute approximate surface area is 118 Å². The summed E-state index contributed by atoms with van der Waals surface area (Å²) in [5.41, 5.74) is 1.28. The molecule has 0 saturated heterocycles. The highest BCUT2D eigenvalue weighted by Crippen LogP contribution is 2.25. The van der Waals surface area contributed by atoms with Crippen LogP contribution in [0.2, 0.25) is 0 Å². The van der Waals surface area contributed by atoms with Gasteiger partial charge in [-0.05, 0) is 47.7 Å². The normalized spacial score (nSPS) is 10.2. The van der Waals surface area contributed by atoms with Crippen LogP contribution in [-0.4, -0.2) is 39.2 Å². The van der Waals surface area contributed by atoms with Gasteiger partial charge in [0.15, 0.2) is 0 Å². The molecular weight excluding hydrogens is 304 g/mol. The SMILES string of the molecule is CNCCN(C)Cc1ccc(OC)c(Br)c1.Cl. The van der Waals surface area contributed by atoms with Crippen molar-refractivity contribution in [2.45, 2.75) is 6.54 Å². The molecule has 0 saturated carbocycles. The first-order valence-corrected chi connectivity index (χ1v) is 6.12. The van der Waals surface area contributed by atoms with Gasteiger partial charge in [-0.2, -0.15) is 0 Å². The molecule has 0 heterocycles. The molecular formula is C12H20BrClN2O. The molecule has 1 rings (SSSR count). The van der Waals surface area contributed by atoms with Crippen molar-refractivity contribution in [2.75, 3.05) is 34.3 Å². The summed E-state index contributed by atoms with van der Waals surface area (Å²) in [6, 6.07) is 6.19. The molecule has 1 aromatic rings. The summed E-state index contributed by atoms with van der Waals surface area (Å²) in [4.78, 5) is 2.28. The van der Waals surface area contributed by atoms with Crippen molar-refractivity contribution in [3.63, 3.8) is 0 Å².